The van der Waals surface area contributed by atoms with Gasteiger partial charge in [-0.3, -0.25) is 20.2 Å². The maximum absolute atomic E-state index is 10.9. The Hall–Kier alpha value is -2.28. The molecule has 0 N–H and O–H groups in total. The number of nitrogens with zero attached hydrogens (tertiary/aromatic N) is 3. The van der Waals surface area contributed by atoms with Gasteiger partial charge in [-0.2, -0.15) is 0 Å². The van der Waals surface area contributed by atoms with Crippen molar-refractivity contribution in [3.8, 4) is 0 Å². The Balaban J connectivity index is 2.57. The van der Waals surface area contributed by atoms with Crippen molar-refractivity contribution in [2.24, 2.45) is 0 Å². The van der Waals surface area contributed by atoms with Crippen molar-refractivity contribution in [3.05, 3.63) is 50.7 Å². The first-order valence-electron chi connectivity index (χ1n) is 4.83. The molecule has 1 aliphatic heterocycles. The van der Waals surface area contributed by atoms with Crippen LogP contribution >= 0.6 is 0 Å². The fourth-order valence-corrected chi connectivity index (χ4v) is 1.77. The van der Waals surface area contributed by atoms with Crippen LogP contribution in [0.4, 0.5) is 17.1 Å². The third-order valence-corrected chi connectivity index (χ3v) is 2.99. The molecule has 0 bridgehead atoms. The van der Waals surface area contributed by atoms with Crippen molar-refractivity contribution in [1.82, 2.24) is 4.48 Å². The Labute approximate surface area is 96.5 Å². The SMILES string of the molecule is C=C1C[N+]1(C)c1ccc([N+](=O)[O-])cc1[N+](=O)[O-]. The first-order chi connectivity index (χ1) is 7.86. The van der Waals surface area contributed by atoms with E-state index in [2.05, 4.69) is 6.58 Å². The van der Waals surface area contributed by atoms with Gasteiger partial charge in [0.1, 0.15) is 6.07 Å². The van der Waals surface area contributed by atoms with Gasteiger partial charge in [-0.25, -0.2) is 4.48 Å². The molecule has 0 aromatic heterocycles. The summed E-state index contributed by atoms with van der Waals surface area (Å²) in [6.45, 7) is 4.39. The van der Waals surface area contributed by atoms with Gasteiger partial charge in [0.25, 0.3) is 5.69 Å². The zero-order valence-electron chi connectivity index (χ0n) is 9.12. The number of nitro benzene ring substituents is 2. The van der Waals surface area contributed by atoms with E-state index in [1.807, 2.05) is 0 Å². The molecule has 7 nitrogen and oxygen atoms in total. The van der Waals surface area contributed by atoms with Crippen LogP contribution in [0.2, 0.25) is 0 Å². The summed E-state index contributed by atoms with van der Waals surface area (Å²) in [6, 6.07) is 3.69. The highest BCUT2D eigenvalue weighted by Gasteiger charge is 2.50. The van der Waals surface area contributed by atoms with E-state index in [9.17, 15) is 20.2 Å². The third-order valence-electron chi connectivity index (χ3n) is 2.99. The van der Waals surface area contributed by atoms with E-state index in [1.165, 1.54) is 12.1 Å². The van der Waals surface area contributed by atoms with Crippen molar-refractivity contribution in [3.63, 3.8) is 0 Å². The van der Waals surface area contributed by atoms with E-state index < -0.39 is 9.85 Å². The van der Waals surface area contributed by atoms with Crippen molar-refractivity contribution in [1.29, 1.82) is 0 Å². The Bertz CT molecular complexity index is 554. The molecule has 1 heterocycles. The lowest BCUT2D eigenvalue weighted by Gasteiger charge is -2.09. The highest BCUT2D eigenvalue weighted by atomic mass is 16.6. The molecule has 0 saturated carbocycles. The van der Waals surface area contributed by atoms with E-state index in [0.717, 1.165) is 11.8 Å². The van der Waals surface area contributed by atoms with Crippen LogP contribution in [-0.4, -0.2) is 23.4 Å². The number of rotatable bonds is 3. The molecular formula is C10H10N3O4+. The van der Waals surface area contributed by atoms with Gasteiger partial charge < -0.3 is 0 Å². The average molecular weight is 236 g/mol. The van der Waals surface area contributed by atoms with Crippen LogP contribution < -0.4 is 4.48 Å². The number of nitro groups is 2. The van der Waals surface area contributed by atoms with Crippen molar-refractivity contribution >= 4 is 17.1 Å². The maximum atomic E-state index is 10.9. The number of quaternary nitrogens is 1. The lowest BCUT2D eigenvalue weighted by Crippen LogP contribution is -2.19. The first-order valence-corrected chi connectivity index (χ1v) is 4.83. The minimum absolute atomic E-state index is 0.236. The summed E-state index contributed by atoms with van der Waals surface area (Å²) in [5.74, 6) is 0. The second-order valence-corrected chi connectivity index (χ2v) is 4.10. The van der Waals surface area contributed by atoms with E-state index in [4.69, 9.17) is 0 Å². The normalized spacial score (nSPS) is 22.3. The molecule has 1 fully saturated rings. The van der Waals surface area contributed by atoms with Gasteiger partial charge in [0.05, 0.1) is 16.9 Å². The largest absolute Gasteiger partial charge is 0.336 e. The molecule has 88 valence electrons. The third kappa shape index (κ3) is 1.66. The standard InChI is InChI=1S/C10H10N3O4/c1-7-6-13(7,2)10-4-3-8(11(14)15)5-9(10)12(16)17/h3-5H,1,6H2,2H3/q+1. The molecule has 17 heavy (non-hydrogen) atoms. The fourth-order valence-electron chi connectivity index (χ4n) is 1.77. The summed E-state index contributed by atoms with van der Waals surface area (Å²) < 4.78 is 0.272. The summed E-state index contributed by atoms with van der Waals surface area (Å²) in [4.78, 5) is 20.3. The van der Waals surface area contributed by atoms with Gasteiger partial charge in [-0.1, -0.05) is 0 Å². The van der Waals surface area contributed by atoms with Crippen LogP contribution in [0, 0.1) is 20.2 Å². The first kappa shape index (κ1) is 11.2. The summed E-state index contributed by atoms with van der Waals surface area (Å²) in [7, 11) is 1.79. The second kappa shape index (κ2) is 3.36. The monoisotopic (exact) mass is 236 g/mol. The van der Waals surface area contributed by atoms with E-state index in [1.54, 1.807) is 7.05 Å². The van der Waals surface area contributed by atoms with Crippen LogP contribution in [-0.2, 0) is 0 Å². The molecule has 0 radical (unpaired) electrons. The Morgan fingerprint density at radius 3 is 2.29 bits per heavy atom. The summed E-state index contributed by atoms with van der Waals surface area (Å²) >= 11 is 0. The van der Waals surface area contributed by atoms with Crippen LogP contribution in [0.15, 0.2) is 30.5 Å². The lowest BCUT2D eigenvalue weighted by molar-refractivity contribution is -0.394. The molecule has 1 saturated heterocycles. The molecule has 0 amide bonds. The minimum Gasteiger partial charge on any atom is -0.258 e. The van der Waals surface area contributed by atoms with E-state index in [0.29, 0.717) is 12.2 Å². The molecule has 1 aromatic carbocycles. The molecular weight excluding hydrogens is 226 g/mol. The van der Waals surface area contributed by atoms with Crippen LogP contribution in [0.5, 0.6) is 0 Å². The topological polar surface area (TPSA) is 86.3 Å². The lowest BCUT2D eigenvalue weighted by atomic mass is 10.2. The van der Waals surface area contributed by atoms with E-state index in [-0.39, 0.29) is 15.9 Å². The van der Waals surface area contributed by atoms with Gasteiger partial charge in [0.15, 0.2) is 12.2 Å². The Morgan fingerprint density at radius 1 is 1.29 bits per heavy atom. The average Bonchev–Trinajstić information content (AvgIpc) is 2.87. The molecule has 1 unspecified atom stereocenters. The Kier molecular flexibility index (Phi) is 2.21. The zero-order chi connectivity index (χ0) is 12.8. The highest BCUT2D eigenvalue weighted by molar-refractivity contribution is 5.70. The van der Waals surface area contributed by atoms with Crippen molar-refractivity contribution in [2.45, 2.75) is 0 Å². The number of non-ortho nitro benzene ring substituents is 1. The Morgan fingerprint density at radius 2 is 1.88 bits per heavy atom. The van der Waals surface area contributed by atoms with Crippen LogP contribution in [0.3, 0.4) is 0 Å². The molecule has 0 aliphatic carbocycles. The van der Waals surface area contributed by atoms with E-state index >= 15 is 0 Å². The van der Waals surface area contributed by atoms with Crippen LogP contribution in [0.25, 0.3) is 0 Å². The molecule has 1 aromatic rings. The maximum Gasteiger partial charge on any atom is 0.336 e. The predicted octanol–water partition coefficient (Wildman–Crippen LogP) is 1.97. The zero-order valence-corrected chi connectivity index (χ0v) is 9.12. The van der Waals surface area contributed by atoms with Gasteiger partial charge in [0, 0.05) is 12.1 Å². The quantitative estimate of drug-likeness (QED) is 0.347. The smallest absolute Gasteiger partial charge is 0.258 e. The van der Waals surface area contributed by atoms with Crippen LogP contribution in [0.1, 0.15) is 0 Å². The van der Waals surface area contributed by atoms with Crippen molar-refractivity contribution < 1.29 is 9.85 Å². The molecule has 1 aliphatic rings. The second-order valence-electron chi connectivity index (χ2n) is 4.10. The fraction of sp³-hybridized carbons (Fsp3) is 0.200. The van der Waals surface area contributed by atoms with Gasteiger partial charge in [-0.05, 0) is 6.58 Å². The van der Waals surface area contributed by atoms with Gasteiger partial charge >= 0.3 is 5.69 Å². The van der Waals surface area contributed by atoms with Crippen molar-refractivity contribution in [2.75, 3.05) is 13.6 Å². The number of likely N-dealkylation sites (N-methyl/N-ethyl adjacent to an activating group) is 1. The molecule has 7 heteroatoms. The minimum atomic E-state index is -0.645. The molecule has 1 atom stereocenters. The number of hydrogen-bond acceptors (Lipinski definition) is 4. The van der Waals surface area contributed by atoms with Gasteiger partial charge in [-0.15, -0.1) is 0 Å². The highest BCUT2D eigenvalue weighted by Crippen LogP contribution is 2.45. The summed E-state index contributed by atoms with van der Waals surface area (Å²) in [5, 5.41) is 21.5. The molecule has 2 rings (SSSR count). The number of hydrogen-bond donors (Lipinski definition) is 0. The summed E-state index contributed by atoms with van der Waals surface area (Å²) in [5.41, 5.74) is 0.771. The van der Waals surface area contributed by atoms with Gasteiger partial charge in [0.2, 0.25) is 5.69 Å². The predicted molar refractivity (Wildman–Crippen MR) is 61.5 cm³/mol. The molecule has 0 spiro atoms. The number of benzene rings is 1. The summed E-state index contributed by atoms with van der Waals surface area (Å²) in [6.07, 6.45) is 0.